The van der Waals surface area contributed by atoms with E-state index in [1.54, 1.807) is 17.8 Å². The Bertz CT molecular complexity index is 312. The molecule has 0 saturated carbocycles. The highest BCUT2D eigenvalue weighted by atomic mass is 32.2. The van der Waals surface area contributed by atoms with E-state index in [1.165, 1.54) is 12.1 Å². The van der Waals surface area contributed by atoms with Crippen LogP contribution >= 0.6 is 11.8 Å². The third-order valence-corrected chi connectivity index (χ3v) is 3.75. The van der Waals surface area contributed by atoms with Gasteiger partial charge in [-0.05, 0) is 24.1 Å². The van der Waals surface area contributed by atoms with Gasteiger partial charge in [0, 0.05) is 15.8 Å². The first-order valence-electron chi connectivity index (χ1n) is 4.72. The summed E-state index contributed by atoms with van der Waals surface area (Å²) in [5, 5.41) is 0.444. The van der Waals surface area contributed by atoms with E-state index in [0.29, 0.717) is 16.9 Å². The molecule has 1 atom stereocenters. The Balaban J connectivity index is 2.80. The van der Waals surface area contributed by atoms with Crippen molar-refractivity contribution >= 4 is 17.4 Å². The molecule has 1 nitrogen and oxygen atoms in total. The van der Waals surface area contributed by atoms with Crippen molar-refractivity contribution in [2.24, 2.45) is 5.92 Å². The molecule has 0 heterocycles. The number of hydrogen-bond donors (Lipinski definition) is 1. The van der Waals surface area contributed by atoms with Gasteiger partial charge in [0.2, 0.25) is 0 Å². The SMILES string of the molecule is CC(C)C(C)Sc1cc(F)ccc1N. The summed E-state index contributed by atoms with van der Waals surface area (Å²) in [5.41, 5.74) is 6.41. The van der Waals surface area contributed by atoms with Crippen LogP contribution in [0.5, 0.6) is 0 Å². The molecule has 1 aromatic rings. The number of halogens is 1. The van der Waals surface area contributed by atoms with Gasteiger partial charge in [-0.3, -0.25) is 0 Å². The highest BCUT2D eigenvalue weighted by molar-refractivity contribution is 8.00. The Morgan fingerprint density at radius 2 is 1.93 bits per heavy atom. The van der Waals surface area contributed by atoms with Gasteiger partial charge in [-0.25, -0.2) is 4.39 Å². The number of anilines is 1. The van der Waals surface area contributed by atoms with Crippen LogP contribution in [-0.2, 0) is 0 Å². The average molecular weight is 213 g/mol. The third kappa shape index (κ3) is 2.91. The van der Waals surface area contributed by atoms with Gasteiger partial charge in [0.15, 0.2) is 0 Å². The standard InChI is InChI=1S/C11H16FNS/c1-7(2)8(3)14-11-6-9(12)4-5-10(11)13/h4-8H,13H2,1-3H3. The minimum Gasteiger partial charge on any atom is -0.398 e. The van der Waals surface area contributed by atoms with Crippen LogP contribution < -0.4 is 5.73 Å². The molecule has 0 aliphatic heterocycles. The van der Waals surface area contributed by atoms with Crippen LogP contribution in [0.2, 0.25) is 0 Å². The Hall–Kier alpha value is -0.700. The van der Waals surface area contributed by atoms with Gasteiger partial charge in [0.1, 0.15) is 5.82 Å². The molecule has 0 fully saturated rings. The van der Waals surface area contributed by atoms with Crippen molar-refractivity contribution in [3.63, 3.8) is 0 Å². The summed E-state index contributed by atoms with van der Waals surface area (Å²) in [5.74, 6) is 0.334. The molecule has 1 rings (SSSR count). The lowest BCUT2D eigenvalue weighted by molar-refractivity contribution is 0.623. The molecule has 14 heavy (non-hydrogen) atoms. The number of benzene rings is 1. The van der Waals surface area contributed by atoms with Gasteiger partial charge in [0.25, 0.3) is 0 Å². The molecule has 0 aliphatic rings. The summed E-state index contributed by atoms with van der Waals surface area (Å²) in [6.45, 7) is 6.42. The average Bonchev–Trinajstić information content (AvgIpc) is 2.11. The zero-order valence-corrected chi connectivity index (χ0v) is 9.57. The second-order valence-electron chi connectivity index (χ2n) is 3.75. The first kappa shape index (κ1) is 11.4. The van der Waals surface area contributed by atoms with Gasteiger partial charge < -0.3 is 5.73 Å². The number of nitrogen functional groups attached to an aromatic ring is 1. The van der Waals surface area contributed by atoms with Gasteiger partial charge in [-0.2, -0.15) is 0 Å². The Morgan fingerprint density at radius 3 is 2.50 bits per heavy atom. The lowest BCUT2D eigenvalue weighted by atomic mass is 10.2. The van der Waals surface area contributed by atoms with E-state index < -0.39 is 0 Å². The molecular formula is C11H16FNS. The zero-order chi connectivity index (χ0) is 10.7. The first-order chi connectivity index (χ1) is 6.50. The summed E-state index contributed by atoms with van der Waals surface area (Å²) < 4.78 is 12.9. The number of nitrogens with two attached hydrogens (primary N) is 1. The molecule has 1 aromatic carbocycles. The van der Waals surface area contributed by atoms with Crippen molar-refractivity contribution in [2.45, 2.75) is 30.9 Å². The summed E-state index contributed by atoms with van der Waals surface area (Å²) in [6.07, 6.45) is 0. The second-order valence-corrected chi connectivity index (χ2v) is 5.17. The third-order valence-electron chi connectivity index (χ3n) is 2.23. The molecule has 0 amide bonds. The van der Waals surface area contributed by atoms with Crippen molar-refractivity contribution in [3.05, 3.63) is 24.0 Å². The van der Waals surface area contributed by atoms with Gasteiger partial charge in [0.05, 0.1) is 0 Å². The van der Waals surface area contributed by atoms with Gasteiger partial charge in [-0.15, -0.1) is 11.8 Å². The lowest BCUT2D eigenvalue weighted by Gasteiger charge is -2.15. The fraction of sp³-hybridized carbons (Fsp3) is 0.455. The maximum Gasteiger partial charge on any atom is 0.124 e. The Labute approximate surface area is 88.9 Å². The van der Waals surface area contributed by atoms with E-state index in [-0.39, 0.29) is 5.82 Å². The monoisotopic (exact) mass is 213 g/mol. The fourth-order valence-corrected chi connectivity index (χ4v) is 2.00. The van der Waals surface area contributed by atoms with Crippen molar-refractivity contribution in [2.75, 3.05) is 5.73 Å². The molecule has 3 heteroatoms. The molecule has 0 spiro atoms. The molecule has 0 aromatic heterocycles. The van der Waals surface area contributed by atoms with Crippen molar-refractivity contribution in [3.8, 4) is 0 Å². The number of thioether (sulfide) groups is 1. The smallest absolute Gasteiger partial charge is 0.124 e. The highest BCUT2D eigenvalue weighted by Gasteiger charge is 2.11. The van der Waals surface area contributed by atoms with Gasteiger partial charge in [-0.1, -0.05) is 20.8 Å². The van der Waals surface area contributed by atoms with E-state index in [9.17, 15) is 4.39 Å². The van der Waals surface area contributed by atoms with Crippen LogP contribution in [0, 0.1) is 11.7 Å². The Kier molecular flexibility index (Phi) is 3.81. The van der Waals surface area contributed by atoms with Crippen LogP contribution in [0.15, 0.2) is 23.1 Å². The molecule has 78 valence electrons. The van der Waals surface area contributed by atoms with E-state index >= 15 is 0 Å². The zero-order valence-electron chi connectivity index (χ0n) is 8.75. The first-order valence-corrected chi connectivity index (χ1v) is 5.60. The Morgan fingerprint density at radius 1 is 1.29 bits per heavy atom. The van der Waals surface area contributed by atoms with Crippen LogP contribution in [0.4, 0.5) is 10.1 Å². The van der Waals surface area contributed by atoms with E-state index in [1.807, 2.05) is 0 Å². The summed E-state index contributed by atoms with van der Waals surface area (Å²) >= 11 is 1.63. The van der Waals surface area contributed by atoms with Crippen molar-refractivity contribution < 1.29 is 4.39 Å². The largest absolute Gasteiger partial charge is 0.398 e. The topological polar surface area (TPSA) is 26.0 Å². The number of hydrogen-bond acceptors (Lipinski definition) is 2. The van der Waals surface area contributed by atoms with Crippen LogP contribution in [0.1, 0.15) is 20.8 Å². The van der Waals surface area contributed by atoms with E-state index in [2.05, 4.69) is 20.8 Å². The lowest BCUT2D eigenvalue weighted by Crippen LogP contribution is -2.06. The summed E-state index contributed by atoms with van der Waals surface area (Å²) in [6, 6.07) is 4.50. The minimum atomic E-state index is -0.224. The molecule has 2 N–H and O–H groups in total. The second kappa shape index (κ2) is 4.69. The highest BCUT2D eigenvalue weighted by Crippen LogP contribution is 2.32. The van der Waals surface area contributed by atoms with Crippen molar-refractivity contribution in [1.82, 2.24) is 0 Å². The van der Waals surface area contributed by atoms with E-state index in [4.69, 9.17) is 5.73 Å². The molecule has 1 unspecified atom stereocenters. The summed E-state index contributed by atoms with van der Waals surface area (Å²) in [7, 11) is 0. The van der Waals surface area contributed by atoms with Crippen LogP contribution in [0.3, 0.4) is 0 Å². The molecule has 0 radical (unpaired) electrons. The number of rotatable bonds is 3. The predicted molar refractivity (Wildman–Crippen MR) is 61.0 cm³/mol. The molecule has 0 bridgehead atoms. The van der Waals surface area contributed by atoms with Crippen LogP contribution in [-0.4, -0.2) is 5.25 Å². The normalized spacial score (nSPS) is 13.2. The fourth-order valence-electron chi connectivity index (χ4n) is 0.947. The minimum absolute atomic E-state index is 0.224. The predicted octanol–water partition coefficient (Wildman–Crippen LogP) is 3.54. The maximum atomic E-state index is 12.9. The summed E-state index contributed by atoms with van der Waals surface area (Å²) in [4.78, 5) is 0.839. The molecular weight excluding hydrogens is 197 g/mol. The quantitative estimate of drug-likeness (QED) is 0.614. The molecule has 0 aliphatic carbocycles. The maximum absolute atomic E-state index is 12.9. The van der Waals surface area contributed by atoms with E-state index in [0.717, 1.165) is 4.90 Å². The van der Waals surface area contributed by atoms with Crippen LogP contribution in [0.25, 0.3) is 0 Å². The molecule has 0 saturated heterocycles. The van der Waals surface area contributed by atoms with Crippen molar-refractivity contribution in [1.29, 1.82) is 0 Å². The van der Waals surface area contributed by atoms with Gasteiger partial charge >= 0.3 is 0 Å².